The quantitative estimate of drug-likeness (QED) is 0.848. The van der Waals surface area contributed by atoms with Crippen LogP contribution in [0.4, 0.5) is 5.69 Å². The minimum absolute atomic E-state index is 0.0151. The van der Waals surface area contributed by atoms with Crippen LogP contribution in [0.25, 0.3) is 0 Å². The maximum Gasteiger partial charge on any atom is 0.242 e. The molecule has 1 N–H and O–H groups in total. The molecule has 4 nitrogen and oxygen atoms in total. The van der Waals surface area contributed by atoms with Crippen molar-refractivity contribution in [3.05, 3.63) is 23.8 Å². The lowest BCUT2D eigenvalue weighted by Crippen LogP contribution is -2.35. The summed E-state index contributed by atoms with van der Waals surface area (Å²) in [5.41, 5.74) is 0.562. The SMILES string of the molecule is CC(Cl)C(=O)Nc1ccc2c(c1)C(=O)CC(C)(C)O2. The van der Waals surface area contributed by atoms with Crippen LogP contribution in [0.2, 0.25) is 0 Å². The zero-order valence-corrected chi connectivity index (χ0v) is 11.9. The second-order valence-electron chi connectivity index (χ2n) is 5.28. The Morgan fingerprint density at radius 2 is 2.16 bits per heavy atom. The number of hydrogen-bond acceptors (Lipinski definition) is 3. The third-order valence-corrected chi connectivity index (χ3v) is 3.08. The Morgan fingerprint density at radius 3 is 2.79 bits per heavy atom. The first-order chi connectivity index (χ1) is 8.78. The van der Waals surface area contributed by atoms with E-state index in [1.807, 2.05) is 13.8 Å². The van der Waals surface area contributed by atoms with Gasteiger partial charge in [0.05, 0.1) is 12.0 Å². The van der Waals surface area contributed by atoms with Crippen molar-refractivity contribution in [3.8, 4) is 5.75 Å². The third-order valence-electron chi connectivity index (χ3n) is 2.88. The number of ether oxygens (including phenoxy) is 1. The van der Waals surface area contributed by atoms with E-state index < -0.39 is 11.0 Å². The van der Waals surface area contributed by atoms with Gasteiger partial charge in [0, 0.05) is 5.69 Å². The molecule has 1 aromatic carbocycles. The summed E-state index contributed by atoms with van der Waals surface area (Å²) in [6.07, 6.45) is 0.323. The number of amides is 1. The van der Waals surface area contributed by atoms with E-state index in [0.717, 1.165) is 0 Å². The number of Topliss-reactive ketones (excluding diaryl/α,β-unsaturated/α-hetero) is 1. The highest BCUT2D eigenvalue weighted by atomic mass is 35.5. The van der Waals surface area contributed by atoms with Gasteiger partial charge in [0.1, 0.15) is 16.7 Å². The predicted molar refractivity (Wildman–Crippen MR) is 74.0 cm³/mol. The highest BCUT2D eigenvalue weighted by Gasteiger charge is 2.32. The molecule has 0 saturated carbocycles. The first-order valence-corrected chi connectivity index (χ1v) is 6.53. The third kappa shape index (κ3) is 3.07. The molecule has 1 atom stereocenters. The number of anilines is 1. The first-order valence-electron chi connectivity index (χ1n) is 6.10. The lowest BCUT2D eigenvalue weighted by Gasteiger charge is -2.31. The largest absolute Gasteiger partial charge is 0.487 e. The standard InChI is InChI=1S/C14H16ClNO3/c1-8(15)13(18)16-9-4-5-12-10(6-9)11(17)7-14(2,3)19-12/h4-6,8H,7H2,1-3H3,(H,16,18). The molecular formula is C14H16ClNO3. The van der Waals surface area contributed by atoms with Crippen molar-refractivity contribution in [2.75, 3.05) is 5.32 Å². The molecule has 102 valence electrons. The molecule has 0 radical (unpaired) electrons. The maximum absolute atomic E-state index is 12.1. The summed E-state index contributed by atoms with van der Waals surface area (Å²) in [4.78, 5) is 23.6. The van der Waals surface area contributed by atoms with Crippen LogP contribution in [0.1, 0.15) is 37.6 Å². The molecule has 0 spiro atoms. The van der Waals surface area contributed by atoms with Crippen molar-refractivity contribution in [1.29, 1.82) is 0 Å². The fraction of sp³-hybridized carbons (Fsp3) is 0.429. The molecular weight excluding hydrogens is 266 g/mol. The molecule has 0 bridgehead atoms. The Balaban J connectivity index is 2.27. The molecule has 1 aromatic rings. The number of alkyl halides is 1. The second-order valence-corrected chi connectivity index (χ2v) is 5.93. The van der Waals surface area contributed by atoms with Gasteiger partial charge in [0.25, 0.3) is 0 Å². The Hall–Kier alpha value is -1.55. The van der Waals surface area contributed by atoms with E-state index in [1.54, 1.807) is 25.1 Å². The van der Waals surface area contributed by atoms with Crippen LogP contribution in [0, 0.1) is 0 Å². The summed E-state index contributed by atoms with van der Waals surface area (Å²) in [7, 11) is 0. The van der Waals surface area contributed by atoms with E-state index in [0.29, 0.717) is 23.4 Å². The summed E-state index contributed by atoms with van der Waals surface area (Å²) in [6.45, 7) is 5.34. The summed E-state index contributed by atoms with van der Waals surface area (Å²) in [6, 6.07) is 5.03. The number of carbonyl (C=O) groups excluding carboxylic acids is 2. The Labute approximate surface area is 117 Å². The number of ketones is 1. The molecule has 0 aliphatic carbocycles. The number of nitrogens with one attached hydrogen (secondary N) is 1. The van der Waals surface area contributed by atoms with Crippen LogP contribution in [0.15, 0.2) is 18.2 Å². The van der Waals surface area contributed by atoms with E-state index in [2.05, 4.69) is 5.32 Å². The zero-order chi connectivity index (χ0) is 14.2. The maximum atomic E-state index is 12.1. The lowest BCUT2D eigenvalue weighted by atomic mass is 9.93. The summed E-state index contributed by atoms with van der Waals surface area (Å²) < 4.78 is 5.74. The average Bonchev–Trinajstić information content (AvgIpc) is 2.28. The molecule has 0 aromatic heterocycles. The molecule has 1 aliphatic rings. The normalized spacial score (nSPS) is 18.2. The predicted octanol–water partition coefficient (Wildman–Crippen LogP) is 3.00. The summed E-state index contributed by atoms with van der Waals surface area (Å²) in [5.74, 6) is 0.269. The topological polar surface area (TPSA) is 55.4 Å². The zero-order valence-electron chi connectivity index (χ0n) is 11.1. The number of carbonyl (C=O) groups is 2. The minimum atomic E-state index is -0.623. The number of hydrogen-bond donors (Lipinski definition) is 1. The van der Waals surface area contributed by atoms with E-state index in [-0.39, 0.29) is 11.7 Å². The first kappa shape index (κ1) is 13.9. The number of halogens is 1. The summed E-state index contributed by atoms with van der Waals surface area (Å²) in [5, 5.41) is 2.03. The van der Waals surface area contributed by atoms with Crippen LogP contribution >= 0.6 is 11.6 Å². The molecule has 0 saturated heterocycles. The van der Waals surface area contributed by atoms with Crippen LogP contribution < -0.4 is 10.1 Å². The average molecular weight is 282 g/mol. The highest BCUT2D eigenvalue weighted by Crippen LogP contribution is 2.34. The smallest absolute Gasteiger partial charge is 0.242 e. The van der Waals surface area contributed by atoms with Crippen LogP contribution in [0.5, 0.6) is 5.75 Å². The Morgan fingerprint density at radius 1 is 1.47 bits per heavy atom. The molecule has 1 heterocycles. The Bertz CT molecular complexity index is 537. The van der Waals surface area contributed by atoms with Crippen molar-refractivity contribution in [3.63, 3.8) is 0 Å². The van der Waals surface area contributed by atoms with Gasteiger partial charge in [-0.25, -0.2) is 0 Å². The number of rotatable bonds is 2. The number of benzene rings is 1. The van der Waals surface area contributed by atoms with Gasteiger partial charge in [-0.2, -0.15) is 0 Å². The Kier molecular flexibility index (Phi) is 3.54. The molecule has 2 rings (SSSR count). The minimum Gasteiger partial charge on any atom is -0.487 e. The molecule has 0 fully saturated rings. The van der Waals surface area contributed by atoms with Crippen molar-refractivity contribution in [2.45, 2.75) is 38.2 Å². The van der Waals surface area contributed by atoms with Gasteiger partial charge in [-0.1, -0.05) is 0 Å². The van der Waals surface area contributed by atoms with Gasteiger partial charge < -0.3 is 10.1 Å². The monoisotopic (exact) mass is 281 g/mol. The van der Waals surface area contributed by atoms with Crippen molar-refractivity contribution in [1.82, 2.24) is 0 Å². The lowest BCUT2D eigenvalue weighted by molar-refractivity contribution is -0.115. The van der Waals surface area contributed by atoms with E-state index >= 15 is 0 Å². The summed E-state index contributed by atoms with van der Waals surface area (Å²) >= 11 is 5.68. The van der Waals surface area contributed by atoms with E-state index in [4.69, 9.17) is 16.3 Å². The van der Waals surface area contributed by atoms with Gasteiger partial charge in [0.15, 0.2) is 5.78 Å². The fourth-order valence-corrected chi connectivity index (χ4v) is 2.03. The second kappa shape index (κ2) is 4.85. The van der Waals surface area contributed by atoms with E-state index in [1.165, 1.54) is 0 Å². The molecule has 1 unspecified atom stereocenters. The van der Waals surface area contributed by atoms with Gasteiger partial charge in [0.2, 0.25) is 5.91 Å². The van der Waals surface area contributed by atoms with Crippen LogP contribution in [0.3, 0.4) is 0 Å². The molecule has 5 heteroatoms. The molecule has 1 aliphatic heterocycles. The van der Waals surface area contributed by atoms with Gasteiger partial charge >= 0.3 is 0 Å². The highest BCUT2D eigenvalue weighted by molar-refractivity contribution is 6.32. The number of fused-ring (bicyclic) bond motifs is 1. The van der Waals surface area contributed by atoms with Crippen LogP contribution in [-0.4, -0.2) is 22.7 Å². The van der Waals surface area contributed by atoms with Crippen molar-refractivity contribution < 1.29 is 14.3 Å². The van der Waals surface area contributed by atoms with Crippen molar-refractivity contribution in [2.24, 2.45) is 0 Å². The van der Waals surface area contributed by atoms with Crippen molar-refractivity contribution >= 4 is 29.0 Å². The molecule has 19 heavy (non-hydrogen) atoms. The van der Waals surface area contributed by atoms with Crippen LogP contribution in [-0.2, 0) is 4.79 Å². The van der Waals surface area contributed by atoms with Gasteiger partial charge in [-0.15, -0.1) is 11.6 Å². The molecule has 1 amide bonds. The van der Waals surface area contributed by atoms with E-state index in [9.17, 15) is 9.59 Å². The van der Waals surface area contributed by atoms with Gasteiger partial charge in [-0.3, -0.25) is 9.59 Å². The fourth-order valence-electron chi connectivity index (χ4n) is 1.97. The van der Waals surface area contributed by atoms with Gasteiger partial charge in [-0.05, 0) is 39.0 Å².